The molecular weight excluding hydrogens is 292 g/mol. The highest BCUT2D eigenvalue weighted by Gasteiger charge is 2.20. The molecule has 0 saturated carbocycles. The topological polar surface area (TPSA) is 32.3 Å². The van der Waals surface area contributed by atoms with E-state index in [4.69, 9.17) is 0 Å². The van der Waals surface area contributed by atoms with Gasteiger partial charge < -0.3 is 10.2 Å². The maximum absolute atomic E-state index is 12.4. The van der Waals surface area contributed by atoms with Crippen molar-refractivity contribution in [1.29, 1.82) is 0 Å². The van der Waals surface area contributed by atoms with Gasteiger partial charge in [-0.3, -0.25) is 0 Å². The van der Waals surface area contributed by atoms with Gasteiger partial charge >= 0.3 is 6.03 Å². The van der Waals surface area contributed by atoms with Crippen molar-refractivity contribution in [3.63, 3.8) is 0 Å². The number of hydrogen-bond acceptors (Lipinski definition) is 2. The molecule has 0 spiro atoms. The zero-order chi connectivity index (χ0) is 15.5. The predicted molar refractivity (Wildman–Crippen MR) is 93.5 cm³/mol. The molecule has 1 aliphatic rings. The molecule has 1 saturated heterocycles. The van der Waals surface area contributed by atoms with E-state index in [1.807, 2.05) is 17.0 Å². The van der Waals surface area contributed by atoms with Crippen LogP contribution < -0.4 is 5.32 Å². The molecule has 116 valence electrons. The number of benzene rings is 1. The van der Waals surface area contributed by atoms with Gasteiger partial charge in [-0.05, 0) is 60.4 Å². The summed E-state index contributed by atoms with van der Waals surface area (Å²) in [5.41, 5.74) is 3.31. The third-order valence-electron chi connectivity index (χ3n) is 4.18. The molecule has 0 aliphatic carbocycles. The molecule has 2 aromatic rings. The van der Waals surface area contributed by atoms with E-state index in [0.717, 1.165) is 30.8 Å². The van der Waals surface area contributed by atoms with Crippen LogP contribution in [0.25, 0.3) is 10.4 Å². The highest BCUT2D eigenvalue weighted by molar-refractivity contribution is 7.13. The predicted octanol–water partition coefficient (Wildman–Crippen LogP) is 4.99. The number of carbonyl (C=O) groups is 1. The zero-order valence-corrected chi connectivity index (χ0v) is 14.0. The Kier molecular flexibility index (Phi) is 4.48. The molecule has 1 aromatic heterocycles. The molecule has 2 heterocycles. The number of likely N-dealkylation sites (tertiary alicyclic amines) is 1. The first-order chi connectivity index (χ1) is 10.6. The number of piperidine rings is 1. The van der Waals surface area contributed by atoms with Gasteiger partial charge in [0.2, 0.25) is 0 Å². The molecular formula is C18H22N2OS. The van der Waals surface area contributed by atoms with Crippen molar-refractivity contribution in [3.8, 4) is 10.4 Å². The summed E-state index contributed by atoms with van der Waals surface area (Å²) < 4.78 is 0. The number of anilines is 1. The number of aryl methyl sites for hydroxylation is 1. The minimum absolute atomic E-state index is 0.0200. The average molecular weight is 314 g/mol. The number of nitrogens with zero attached hydrogens (tertiary/aromatic N) is 1. The molecule has 2 amide bonds. The molecule has 1 atom stereocenters. The molecule has 1 fully saturated rings. The van der Waals surface area contributed by atoms with Crippen LogP contribution in [-0.4, -0.2) is 24.0 Å². The van der Waals surface area contributed by atoms with Crippen LogP contribution in [0.15, 0.2) is 35.7 Å². The second kappa shape index (κ2) is 6.53. The number of amides is 2. The van der Waals surface area contributed by atoms with E-state index in [2.05, 4.69) is 42.7 Å². The Morgan fingerprint density at radius 1 is 1.36 bits per heavy atom. The Bertz CT molecular complexity index is 665. The van der Waals surface area contributed by atoms with E-state index in [0.29, 0.717) is 5.92 Å². The van der Waals surface area contributed by atoms with E-state index < -0.39 is 0 Å². The molecule has 1 aromatic carbocycles. The summed E-state index contributed by atoms with van der Waals surface area (Å²) in [4.78, 5) is 15.6. The molecule has 1 unspecified atom stereocenters. The van der Waals surface area contributed by atoms with Crippen molar-refractivity contribution < 1.29 is 4.79 Å². The summed E-state index contributed by atoms with van der Waals surface area (Å²) in [6.07, 6.45) is 2.32. The van der Waals surface area contributed by atoms with Crippen molar-refractivity contribution in [2.75, 3.05) is 18.4 Å². The largest absolute Gasteiger partial charge is 0.324 e. The molecule has 0 bridgehead atoms. The second-order valence-electron chi connectivity index (χ2n) is 6.14. The van der Waals surface area contributed by atoms with Gasteiger partial charge in [0.25, 0.3) is 0 Å². The van der Waals surface area contributed by atoms with Gasteiger partial charge in [0.15, 0.2) is 0 Å². The standard InChI is InChI=1S/C18H22N2OS/c1-13-5-4-9-20(12-13)18(21)19-16-7-3-6-15(11-16)17-14(2)8-10-22-17/h3,6-8,10-11,13H,4-5,9,12H2,1-2H3,(H,19,21). The third-order valence-corrected chi connectivity index (χ3v) is 5.25. The summed E-state index contributed by atoms with van der Waals surface area (Å²) >= 11 is 1.74. The third kappa shape index (κ3) is 3.33. The number of urea groups is 1. The summed E-state index contributed by atoms with van der Waals surface area (Å²) in [7, 11) is 0. The van der Waals surface area contributed by atoms with Crippen molar-refractivity contribution >= 4 is 23.1 Å². The fourth-order valence-corrected chi connectivity index (χ4v) is 3.91. The zero-order valence-electron chi connectivity index (χ0n) is 13.1. The molecule has 1 aliphatic heterocycles. The molecule has 3 rings (SSSR count). The van der Waals surface area contributed by atoms with Gasteiger partial charge in [0.1, 0.15) is 0 Å². The second-order valence-corrected chi connectivity index (χ2v) is 7.05. The van der Waals surface area contributed by atoms with Gasteiger partial charge in [-0.2, -0.15) is 0 Å². The van der Waals surface area contributed by atoms with Crippen LogP contribution >= 0.6 is 11.3 Å². The van der Waals surface area contributed by atoms with Crippen LogP contribution in [-0.2, 0) is 0 Å². The summed E-state index contributed by atoms with van der Waals surface area (Å²) in [6, 6.07) is 10.3. The molecule has 0 radical (unpaired) electrons. The number of nitrogens with one attached hydrogen (secondary N) is 1. The van der Waals surface area contributed by atoms with Crippen LogP contribution in [0, 0.1) is 12.8 Å². The SMILES string of the molecule is Cc1ccsc1-c1cccc(NC(=O)N2CCCC(C)C2)c1. The van der Waals surface area contributed by atoms with Crippen LogP contribution in [0.1, 0.15) is 25.3 Å². The van der Waals surface area contributed by atoms with Crippen molar-refractivity contribution in [1.82, 2.24) is 4.90 Å². The smallest absolute Gasteiger partial charge is 0.321 e. The lowest BCUT2D eigenvalue weighted by atomic mass is 10.0. The maximum atomic E-state index is 12.4. The van der Waals surface area contributed by atoms with Crippen LogP contribution in [0.3, 0.4) is 0 Å². The van der Waals surface area contributed by atoms with Gasteiger partial charge in [-0.15, -0.1) is 11.3 Å². The van der Waals surface area contributed by atoms with Gasteiger partial charge in [-0.25, -0.2) is 4.79 Å². The average Bonchev–Trinajstić information content (AvgIpc) is 2.94. The van der Waals surface area contributed by atoms with E-state index in [1.165, 1.54) is 16.9 Å². The molecule has 1 N–H and O–H groups in total. The van der Waals surface area contributed by atoms with Gasteiger partial charge in [-0.1, -0.05) is 19.1 Å². The van der Waals surface area contributed by atoms with Crippen molar-refractivity contribution in [2.24, 2.45) is 5.92 Å². The van der Waals surface area contributed by atoms with Crippen LogP contribution in [0.4, 0.5) is 10.5 Å². The van der Waals surface area contributed by atoms with Crippen LogP contribution in [0.5, 0.6) is 0 Å². The fourth-order valence-electron chi connectivity index (χ4n) is 2.98. The Labute approximate surface area is 136 Å². The minimum Gasteiger partial charge on any atom is -0.324 e. The van der Waals surface area contributed by atoms with Gasteiger partial charge in [0, 0.05) is 23.7 Å². The quantitative estimate of drug-likeness (QED) is 0.832. The van der Waals surface area contributed by atoms with Crippen molar-refractivity contribution in [3.05, 3.63) is 41.3 Å². The summed E-state index contributed by atoms with van der Waals surface area (Å²) in [6.45, 7) is 6.04. The molecule has 22 heavy (non-hydrogen) atoms. The summed E-state index contributed by atoms with van der Waals surface area (Å²) in [5.74, 6) is 0.597. The highest BCUT2D eigenvalue weighted by Crippen LogP contribution is 2.30. The lowest BCUT2D eigenvalue weighted by molar-refractivity contribution is 0.182. The van der Waals surface area contributed by atoms with Crippen LogP contribution in [0.2, 0.25) is 0 Å². The number of thiophene rings is 1. The monoisotopic (exact) mass is 314 g/mol. The summed E-state index contributed by atoms with van der Waals surface area (Å²) in [5, 5.41) is 5.15. The van der Waals surface area contributed by atoms with E-state index in [1.54, 1.807) is 11.3 Å². The molecule has 4 heteroatoms. The lowest BCUT2D eigenvalue weighted by Crippen LogP contribution is -2.41. The fraction of sp³-hybridized carbons (Fsp3) is 0.389. The van der Waals surface area contributed by atoms with Crippen molar-refractivity contribution in [2.45, 2.75) is 26.7 Å². The van der Waals surface area contributed by atoms with E-state index >= 15 is 0 Å². The maximum Gasteiger partial charge on any atom is 0.321 e. The normalized spacial score (nSPS) is 18.3. The lowest BCUT2D eigenvalue weighted by Gasteiger charge is -2.31. The van der Waals surface area contributed by atoms with E-state index in [9.17, 15) is 4.79 Å². The first-order valence-corrected chi connectivity index (χ1v) is 8.72. The first-order valence-electron chi connectivity index (χ1n) is 7.84. The Morgan fingerprint density at radius 2 is 2.23 bits per heavy atom. The highest BCUT2D eigenvalue weighted by atomic mass is 32.1. The Hall–Kier alpha value is -1.81. The first kappa shape index (κ1) is 15.1. The number of carbonyl (C=O) groups excluding carboxylic acids is 1. The number of hydrogen-bond donors (Lipinski definition) is 1. The Balaban J connectivity index is 1.73. The van der Waals surface area contributed by atoms with E-state index in [-0.39, 0.29) is 6.03 Å². The Morgan fingerprint density at radius 3 is 2.95 bits per heavy atom. The van der Waals surface area contributed by atoms with Gasteiger partial charge in [0.05, 0.1) is 0 Å². The molecule has 3 nitrogen and oxygen atoms in total. The number of rotatable bonds is 2. The minimum atomic E-state index is 0.0200.